The fourth-order valence-electron chi connectivity index (χ4n) is 1.83. The number of carboxylic acids is 1. The summed E-state index contributed by atoms with van der Waals surface area (Å²) in [6, 6.07) is 10.7. The van der Waals surface area contributed by atoms with Crippen LogP contribution in [0.1, 0.15) is 15.9 Å². The van der Waals surface area contributed by atoms with Gasteiger partial charge in [-0.25, -0.2) is 4.79 Å². The Kier molecular flexibility index (Phi) is 4.99. The predicted octanol–water partition coefficient (Wildman–Crippen LogP) is 2.75. The second-order valence-electron chi connectivity index (χ2n) is 4.63. The number of rotatable bonds is 5. The molecule has 2 rings (SSSR count). The number of carbonyl (C=O) groups excluding carboxylic acids is 1. The first kappa shape index (κ1) is 16.1. The maximum atomic E-state index is 11.9. The van der Waals surface area contributed by atoms with E-state index in [9.17, 15) is 14.7 Å². The number of methoxy groups -OCH3 is 1. The van der Waals surface area contributed by atoms with Crippen LogP contribution in [0.4, 0.5) is 5.69 Å². The number of ether oxygens (including phenoxy) is 1. The first-order valence-corrected chi connectivity index (χ1v) is 6.69. The van der Waals surface area contributed by atoms with E-state index in [-0.39, 0.29) is 17.0 Å². The molecule has 3 N–H and O–H groups in total. The molecule has 2 aromatic rings. The Morgan fingerprint density at radius 1 is 1.13 bits per heavy atom. The minimum Gasteiger partial charge on any atom is -0.506 e. The number of carbonyl (C=O) groups is 2. The number of carboxylic acid groups (broad SMARTS) is 1. The van der Waals surface area contributed by atoms with Crippen molar-refractivity contribution in [2.45, 2.75) is 0 Å². The summed E-state index contributed by atoms with van der Waals surface area (Å²) < 4.78 is 5.04. The highest BCUT2D eigenvalue weighted by molar-refractivity contribution is 6.03. The van der Waals surface area contributed by atoms with Crippen molar-refractivity contribution >= 4 is 23.6 Å². The monoisotopic (exact) mass is 313 g/mol. The first-order chi connectivity index (χ1) is 11.0. The summed E-state index contributed by atoms with van der Waals surface area (Å²) in [5.74, 6) is -1.13. The number of hydrogen-bond acceptors (Lipinski definition) is 4. The zero-order valence-electron chi connectivity index (χ0n) is 12.3. The van der Waals surface area contributed by atoms with E-state index >= 15 is 0 Å². The van der Waals surface area contributed by atoms with Gasteiger partial charge in [-0.15, -0.1) is 0 Å². The topological polar surface area (TPSA) is 95.9 Å². The van der Waals surface area contributed by atoms with Gasteiger partial charge in [0.2, 0.25) is 5.91 Å². The molecule has 0 radical (unpaired) electrons. The van der Waals surface area contributed by atoms with Gasteiger partial charge in [-0.3, -0.25) is 4.79 Å². The van der Waals surface area contributed by atoms with Gasteiger partial charge in [0.25, 0.3) is 0 Å². The van der Waals surface area contributed by atoms with Crippen molar-refractivity contribution in [3.63, 3.8) is 0 Å². The van der Waals surface area contributed by atoms with Gasteiger partial charge in [-0.2, -0.15) is 0 Å². The Hall–Kier alpha value is -3.28. The third-order valence-electron chi connectivity index (χ3n) is 3.04. The van der Waals surface area contributed by atoms with Gasteiger partial charge in [-0.1, -0.05) is 12.1 Å². The van der Waals surface area contributed by atoms with Crippen molar-refractivity contribution in [3.8, 4) is 11.5 Å². The maximum absolute atomic E-state index is 11.9. The molecule has 0 unspecified atom stereocenters. The van der Waals surface area contributed by atoms with Crippen molar-refractivity contribution in [1.29, 1.82) is 0 Å². The lowest BCUT2D eigenvalue weighted by Crippen LogP contribution is -2.09. The van der Waals surface area contributed by atoms with Gasteiger partial charge < -0.3 is 20.3 Å². The summed E-state index contributed by atoms with van der Waals surface area (Å²) in [6.45, 7) is 0. The molecule has 0 aliphatic rings. The Bertz CT molecular complexity index is 750. The SMILES string of the molecule is COc1ccc(/C=C/C(=O)Nc2cc(C(=O)O)ccc2O)cc1. The predicted molar refractivity (Wildman–Crippen MR) is 85.7 cm³/mol. The minimum absolute atomic E-state index is 0.0303. The van der Waals surface area contributed by atoms with E-state index in [4.69, 9.17) is 9.84 Å². The molecule has 23 heavy (non-hydrogen) atoms. The van der Waals surface area contributed by atoms with Crippen LogP contribution in [0.3, 0.4) is 0 Å². The fraction of sp³-hybridized carbons (Fsp3) is 0.0588. The number of phenols is 1. The van der Waals surface area contributed by atoms with Gasteiger partial charge in [0.1, 0.15) is 11.5 Å². The fourth-order valence-corrected chi connectivity index (χ4v) is 1.83. The second-order valence-corrected chi connectivity index (χ2v) is 4.63. The van der Waals surface area contributed by atoms with E-state index in [1.165, 1.54) is 24.3 Å². The summed E-state index contributed by atoms with van der Waals surface area (Å²) >= 11 is 0. The molecule has 2 aromatic carbocycles. The van der Waals surface area contributed by atoms with Crippen LogP contribution in [0, 0.1) is 0 Å². The van der Waals surface area contributed by atoms with Gasteiger partial charge in [0.05, 0.1) is 18.4 Å². The average Bonchev–Trinajstić information content (AvgIpc) is 2.55. The number of aromatic carboxylic acids is 1. The lowest BCUT2D eigenvalue weighted by Gasteiger charge is -2.06. The zero-order valence-corrected chi connectivity index (χ0v) is 12.3. The molecular weight excluding hydrogens is 298 g/mol. The van der Waals surface area contributed by atoms with Crippen molar-refractivity contribution in [1.82, 2.24) is 0 Å². The number of nitrogens with one attached hydrogen (secondary N) is 1. The smallest absolute Gasteiger partial charge is 0.335 e. The molecule has 0 atom stereocenters. The van der Waals surface area contributed by atoms with Crippen LogP contribution in [0.15, 0.2) is 48.5 Å². The molecular formula is C17H15NO5. The Balaban J connectivity index is 2.08. The molecule has 0 aliphatic heterocycles. The number of amides is 1. The highest BCUT2D eigenvalue weighted by Gasteiger charge is 2.09. The molecule has 0 aliphatic carbocycles. The molecule has 6 nitrogen and oxygen atoms in total. The van der Waals surface area contributed by atoms with Crippen LogP contribution in [0.2, 0.25) is 0 Å². The van der Waals surface area contributed by atoms with E-state index in [0.717, 1.165) is 5.56 Å². The molecule has 0 saturated heterocycles. The van der Waals surface area contributed by atoms with E-state index in [1.54, 1.807) is 37.5 Å². The summed E-state index contributed by atoms with van der Waals surface area (Å²) in [6.07, 6.45) is 2.88. The van der Waals surface area contributed by atoms with Crippen molar-refractivity contribution in [2.75, 3.05) is 12.4 Å². The van der Waals surface area contributed by atoms with Crippen molar-refractivity contribution in [3.05, 3.63) is 59.7 Å². The van der Waals surface area contributed by atoms with Gasteiger partial charge >= 0.3 is 5.97 Å². The number of hydrogen-bond donors (Lipinski definition) is 3. The third kappa shape index (κ3) is 4.34. The number of phenolic OH excluding ortho intramolecular Hbond substituents is 1. The van der Waals surface area contributed by atoms with Gasteiger partial charge in [0, 0.05) is 6.08 Å². The summed E-state index contributed by atoms with van der Waals surface area (Å²) in [5, 5.41) is 21.0. The van der Waals surface area contributed by atoms with Crippen molar-refractivity contribution in [2.24, 2.45) is 0 Å². The van der Waals surface area contributed by atoms with Crippen LogP contribution < -0.4 is 10.1 Å². The van der Waals surface area contributed by atoms with E-state index in [2.05, 4.69) is 5.32 Å². The first-order valence-electron chi connectivity index (χ1n) is 6.69. The Morgan fingerprint density at radius 2 is 1.83 bits per heavy atom. The quantitative estimate of drug-likeness (QED) is 0.582. The molecule has 118 valence electrons. The standard InChI is InChI=1S/C17H15NO5/c1-23-13-6-2-11(3-7-13)4-9-16(20)18-14-10-12(17(21)22)5-8-15(14)19/h2-10,19H,1H3,(H,18,20)(H,21,22)/b9-4+. The highest BCUT2D eigenvalue weighted by Crippen LogP contribution is 2.24. The lowest BCUT2D eigenvalue weighted by atomic mass is 10.2. The second kappa shape index (κ2) is 7.13. The summed E-state index contributed by atoms with van der Waals surface area (Å²) in [4.78, 5) is 22.8. The summed E-state index contributed by atoms with van der Waals surface area (Å²) in [5.41, 5.74) is 0.802. The molecule has 0 saturated carbocycles. The van der Waals surface area contributed by atoms with E-state index in [1.807, 2.05) is 0 Å². The average molecular weight is 313 g/mol. The molecule has 0 aromatic heterocycles. The highest BCUT2D eigenvalue weighted by atomic mass is 16.5. The number of benzene rings is 2. The van der Waals surface area contributed by atoms with Crippen LogP contribution in [0.5, 0.6) is 11.5 Å². The summed E-state index contributed by atoms with van der Waals surface area (Å²) in [7, 11) is 1.57. The molecule has 0 fully saturated rings. The Labute approximate surface area is 132 Å². The maximum Gasteiger partial charge on any atom is 0.335 e. The van der Waals surface area contributed by atoms with Gasteiger partial charge in [0.15, 0.2) is 0 Å². The van der Waals surface area contributed by atoms with E-state index in [0.29, 0.717) is 5.75 Å². The zero-order chi connectivity index (χ0) is 16.8. The normalized spacial score (nSPS) is 10.5. The molecule has 0 spiro atoms. The van der Waals surface area contributed by atoms with E-state index < -0.39 is 11.9 Å². The van der Waals surface area contributed by atoms with Crippen LogP contribution in [0.25, 0.3) is 6.08 Å². The van der Waals surface area contributed by atoms with Crippen LogP contribution in [-0.4, -0.2) is 29.2 Å². The van der Waals surface area contributed by atoms with Gasteiger partial charge in [-0.05, 0) is 42.0 Å². The minimum atomic E-state index is -1.14. The number of anilines is 1. The number of aromatic hydroxyl groups is 1. The van der Waals surface area contributed by atoms with Crippen LogP contribution in [-0.2, 0) is 4.79 Å². The molecule has 1 amide bonds. The Morgan fingerprint density at radius 3 is 2.43 bits per heavy atom. The van der Waals surface area contributed by atoms with Crippen molar-refractivity contribution < 1.29 is 24.5 Å². The van der Waals surface area contributed by atoms with Crippen LogP contribution >= 0.6 is 0 Å². The third-order valence-corrected chi connectivity index (χ3v) is 3.04. The largest absolute Gasteiger partial charge is 0.506 e. The molecule has 0 bridgehead atoms. The molecule has 6 heteroatoms. The lowest BCUT2D eigenvalue weighted by molar-refractivity contribution is -0.111. The molecule has 0 heterocycles.